The highest BCUT2D eigenvalue weighted by Crippen LogP contribution is 2.24. The minimum Gasteiger partial charge on any atom is -0.320 e. The maximum Gasteiger partial charge on any atom is 0.276 e. The van der Waals surface area contributed by atoms with Crippen LogP contribution in [0.4, 0.5) is 11.4 Å². The fourth-order valence-corrected chi connectivity index (χ4v) is 3.72. The molecule has 0 atom stereocenters. The van der Waals surface area contributed by atoms with Crippen LogP contribution in [-0.2, 0) is 25.7 Å². The van der Waals surface area contributed by atoms with E-state index in [0.717, 1.165) is 59.3 Å². The van der Waals surface area contributed by atoms with E-state index in [0.29, 0.717) is 0 Å². The summed E-state index contributed by atoms with van der Waals surface area (Å²) in [6, 6.07) is 13.5. The van der Waals surface area contributed by atoms with E-state index >= 15 is 0 Å². The number of hydrogen-bond acceptors (Lipinski definition) is 3. The van der Waals surface area contributed by atoms with E-state index in [2.05, 4.69) is 48.5 Å². The Morgan fingerprint density at radius 3 is 1.58 bits per heavy atom. The van der Waals surface area contributed by atoms with E-state index in [1.54, 1.807) is 0 Å². The van der Waals surface area contributed by atoms with Crippen LogP contribution in [0, 0.1) is 0 Å². The molecular weight excluding hydrogens is 388 g/mol. The number of nitrogens with zero attached hydrogens (tertiary/aromatic N) is 1. The number of anilines is 2. The first-order valence-corrected chi connectivity index (χ1v) is 10.9. The number of amides is 2. The van der Waals surface area contributed by atoms with Gasteiger partial charge < -0.3 is 10.6 Å². The fraction of sp³-hybridized carbons (Fsp3) is 0.320. The van der Waals surface area contributed by atoms with Crippen molar-refractivity contribution in [3.8, 4) is 0 Å². The molecule has 0 aliphatic rings. The zero-order chi connectivity index (χ0) is 22.4. The summed E-state index contributed by atoms with van der Waals surface area (Å²) < 4.78 is 0. The molecule has 3 aromatic rings. The van der Waals surface area contributed by atoms with Gasteiger partial charge in [0.05, 0.1) is 0 Å². The van der Waals surface area contributed by atoms with E-state index in [9.17, 15) is 9.59 Å². The minimum absolute atomic E-state index is 0.178. The number of H-pyrrole nitrogens is 1. The Morgan fingerprint density at radius 2 is 1.16 bits per heavy atom. The zero-order valence-corrected chi connectivity index (χ0v) is 18.6. The van der Waals surface area contributed by atoms with Gasteiger partial charge in [0.1, 0.15) is 5.69 Å². The van der Waals surface area contributed by atoms with Crippen molar-refractivity contribution >= 4 is 23.2 Å². The molecule has 1 heterocycles. The quantitative estimate of drug-likeness (QED) is 0.472. The third kappa shape index (κ3) is 4.85. The van der Waals surface area contributed by atoms with Crippen molar-refractivity contribution in [2.45, 2.75) is 53.4 Å². The van der Waals surface area contributed by atoms with Crippen LogP contribution in [-0.4, -0.2) is 22.0 Å². The normalized spacial score (nSPS) is 10.7. The second kappa shape index (κ2) is 10.1. The second-order valence-corrected chi connectivity index (χ2v) is 7.39. The topological polar surface area (TPSA) is 86.9 Å². The summed E-state index contributed by atoms with van der Waals surface area (Å²) in [6.07, 6.45) is 3.26. The molecular formula is C25H30N4O2. The van der Waals surface area contributed by atoms with Gasteiger partial charge in [0, 0.05) is 17.4 Å². The Labute approximate surface area is 183 Å². The Balaban J connectivity index is 1.80. The molecule has 3 N–H and O–H groups in total. The number of aryl methyl sites for hydroxylation is 4. The van der Waals surface area contributed by atoms with Gasteiger partial charge in [-0.15, -0.1) is 0 Å². The average molecular weight is 419 g/mol. The molecule has 0 bridgehead atoms. The lowest BCUT2D eigenvalue weighted by molar-refractivity contribution is 0.101. The first-order valence-electron chi connectivity index (χ1n) is 10.9. The number of aromatic nitrogens is 2. The van der Waals surface area contributed by atoms with Gasteiger partial charge in [0.15, 0.2) is 5.69 Å². The van der Waals surface area contributed by atoms with Crippen molar-refractivity contribution in [3.05, 3.63) is 76.1 Å². The van der Waals surface area contributed by atoms with Crippen molar-refractivity contribution in [2.75, 3.05) is 10.6 Å². The predicted molar refractivity (Wildman–Crippen MR) is 125 cm³/mol. The molecule has 2 amide bonds. The molecule has 6 heteroatoms. The van der Waals surface area contributed by atoms with Crippen LogP contribution in [0.15, 0.2) is 42.5 Å². The average Bonchev–Trinajstić information content (AvgIpc) is 3.30. The summed E-state index contributed by atoms with van der Waals surface area (Å²) in [7, 11) is 0. The molecule has 162 valence electrons. The SMILES string of the molecule is CCc1cccc(CC)c1NC(=O)c1cc(C(=O)Nc2c(CC)cccc2CC)[nH]n1. The molecule has 0 unspecified atom stereocenters. The Morgan fingerprint density at radius 1 is 0.742 bits per heavy atom. The van der Waals surface area contributed by atoms with Crippen LogP contribution < -0.4 is 10.6 Å². The van der Waals surface area contributed by atoms with Crippen LogP contribution >= 0.6 is 0 Å². The summed E-state index contributed by atoms with van der Waals surface area (Å²) in [5, 5.41) is 12.8. The lowest BCUT2D eigenvalue weighted by Crippen LogP contribution is -2.16. The summed E-state index contributed by atoms with van der Waals surface area (Å²) in [6.45, 7) is 8.23. The van der Waals surface area contributed by atoms with Crippen LogP contribution in [0.3, 0.4) is 0 Å². The number of nitrogens with one attached hydrogen (secondary N) is 3. The number of carbonyl (C=O) groups excluding carboxylic acids is 2. The van der Waals surface area contributed by atoms with Crippen molar-refractivity contribution < 1.29 is 9.59 Å². The first kappa shape index (κ1) is 22.3. The largest absolute Gasteiger partial charge is 0.320 e. The number of aromatic amines is 1. The van der Waals surface area contributed by atoms with Gasteiger partial charge in [0.2, 0.25) is 0 Å². The molecule has 0 fully saturated rings. The zero-order valence-electron chi connectivity index (χ0n) is 18.6. The van der Waals surface area contributed by atoms with Crippen LogP contribution in [0.25, 0.3) is 0 Å². The van der Waals surface area contributed by atoms with Gasteiger partial charge in [-0.25, -0.2) is 0 Å². The van der Waals surface area contributed by atoms with Crippen molar-refractivity contribution in [3.63, 3.8) is 0 Å². The van der Waals surface area contributed by atoms with Gasteiger partial charge in [-0.2, -0.15) is 5.10 Å². The minimum atomic E-state index is -0.339. The highest BCUT2D eigenvalue weighted by Gasteiger charge is 2.18. The van der Waals surface area contributed by atoms with Crippen molar-refractivity contribution in [1.82, 2.24) is 10.2 Å². The van der Waals surface area contributed by atoms with E-state index < -0.39 is 0 Å². The standard InChI is InChI=1S/C25H30N4O2/c1-5-16-11-9-12-17(6-2)22(16)26-24(30)20-15-21(29-28-20)25(31)27-23-18(7-3)13-10-14-19(23)8-4/h9-15H,5-8H2,1-4H3,(H,26,30)(H,27,31)(H,28,29). The molecule has 1 aromatic heterocycles. The summed E-state index contributed by atoms with van der Waals surface area (Å²) >= 11 is 0. The maximum atomic E-state index is 12.8. The summed E-state index contributed by atoms with van der Waals surface area (Å²) in [4.78, 5) is 25.7. The molecule has 0 saturated carbocycles. The molecule has 0 spiro atoms. The molecule has 0 aliphatic heterocycles. The number of benzene rings is 2. The number of rotatable bonds is 8. The fourth-order valence-electron chi connectivity index (χ4n) is 3.72. The van der Waals surface area contributed by atoms with Gasteiger partial charge in [-0.1, -0.05) is 64.1 Å². The maximum absolute atomic E-state index is 12.8. The third-order valence-electron chi connectivity index (χ3n) is 5.53. The Kier molecular flexibility index (Phi) is 7.23. The molecule has 6 nitrogen and oxygen atoms in total. The first-order chi connectivity index (χ1) is 15.0. The molecule has 2 aromatic carbocycles. The lowest BCUT2D eigenvalue weighted by Gasteiger charge is -2.14. The van der Waals surface area contributed by atoms with E-state index in [4.69, 9.17) is 0 Å². The molecule has 0 radical (unpaired) electrons. The van der Waals surface area contributed by atoms with Crippen molar-refractivity contribution in [1.29, 1.82) is 0 Å². The molecule has 3 rings (SSSR count). The molecule has 0 saturated heterocycles. The van der Waals surface area contributed by atoms with E-state index in [1.807, 2.05) is 36.4 Å². The monoisotopic (exact) mass is 418 g/mol. The van der Waals surface area contributed by atoms with E-state index in [-0.39, 0.29) is 23.2 Å². The van der Waals surface area contributed by atoms with Gasteiger partial charge in [0.25, 0.3) is 11.8 Å². The lowest BCUT2D eigenvalue weighted by atomic mass is 10.0. The summed E-state index contributed by atoms with van der Waals surface area (Å²) in [5.74, 6) is -0.653. The van der Waals surface area contributed by atoms with Crippen LogP contribution in [0.2, 0.25) is 0 Å². The van der Waals surface area contributed by atoms with Crippen LogP contribution in [0.1, 0.15) is 70.9 Å². The van der Waals surface area contributed by atoms with Crippen molar-refractivity contribution in [2.24, 2.45) is 0 Å². The number of para-hydroxylation sites is 2. The van der Waals surface area contributed by atoms with Gasteiger partial charge >= 0.3 is 0 Å². The number of carbonyl (C=O) groups is 2. The number of hydrogen-bond donors (Lipinski definition) is 3. The predicted octanol–water partition coefficient (Wildman–Crippen LogP) is 5.16. The Bertz CT molecular complexity index is 956. The Hall–Kier alpha value is -3.41. The summed E-state index contributed by atoms with van der Waals surface area (Å²) in [5.41, 5.74) is 6.39. The van der Waals surface area contributed by atoms with Crippen LogP contribution in [0.5, 0.6) is 0 Å². The van der Waals surface area contributed by atoms with E-state index in [1.165, 1.54) is 6.07 Å². The van der Waals surface area contributed by atoms with Gasteiger partial charge in [-0.05, 0) is 47.9 Å². The van der Waals surface area contributed by atoms with Gasteiger partial charge in [-0.3, -0.25) is 14.7 Å². The second-order valence-electron chi connectivity index (χ2n) is 7.39. The highest BCUT2D eigenvalue weighted by molar-refractivity contribution is 6.08. The highest BCUT2D eigenvalue weighted by atomic mass is 16.2. The molecule has 0 aliphatic carbocycles. The third-order valence-corrected chi connectivity index (χ3v) is 5.53. The smallest absolute Gasteiger partial charge is 0.276 e. The molecule has 31 heavy (non-hydrogen) atoms.